The van der Waals surface area contributed by atoms with Gasteiger partial charge < -0.3 is 10.1 Å². The predicted octanol–water partition coefficient (Wildman–Crippen LogP) is 2.96. The number of carbonyl (C=O) groups is 2. The van der Waals surface area contributed by atoms with Crippen LogP contribution in [0.1, 0.15) is 32.6 Å². The van der Waals surface area contributed by atoms with E-state index in [1.165, 1.54) is 24.2 Å². The minimum absolute atomic E-state index is 0.0260. The van der Waals surface area contributed by atoms with E-state index in [-0.39, 0.29) is 18.2 Å². The number of fused-ring (bicyclic) bond motifs is 1. The molecule has 2 amide bonds. The molecule has 3 heterocycles. The second-order valence-electron chi connectivity index (χ2n) is 8.11. The Labute approximate surface area is 177 Å². The number of hydrogen-bond acceptors (Lipinski definition) is 5. The lowest BCUT2D eigenvalue weighted by Crippen LogP contribution is -2.50. The van der Waals surface area contributed by atoms with Crippen molar-refractivity contribution in [2.75, 3.05) is 31.6 Å². The van der Waals surface area contributed by atoms with Crippen LogP contribution in [0.15, 0.2) is 53.7 Å². The maximum Gasteiger partial charge on any atom is 0.252 e. The van der Waals surface area contributed by atoms with Gasteiger partial charge in [-0.05, 0) is 69.3 Å². The molecule has 1 unspecified atom stereocenters. The van der Waals surface area contributed by atoms with Gasteiger partial charge in [0.15, 0.2) is 0 Å². The number of nitrogens with zero attached hydrogens (tertiary/aromatic N) is 3. The molecule has 1 fully saturated rings. The molecule has 7 heteroatoms. The first-order valence-electron chi connectivity index (χ1n) is 10.6. The summed E-state index contributed by atoms with van der Waals surface area (Å²) >= 11 is 0. The van der Waals surface area contributed by atoms with Crippen molar-refractivity contribution in [2.24, 2.45) is 4.99 Å². The van der Waals surface area contributed by atoms with Crippen LogP contribution >= 0.6 is 0 Å². The zero-order valence-corrected chi connectivity index (χ0v) is 17.3. The van der Waals surface area contributed by atoms with Gasteiger partial charge >= 0.3 is 0 Å². The van der Waals surface area contributed by atoms with Crippen LogP contribution in [-0.2, 0) is 9.59 Å². The molecule has 3 aliphatic rings. The third-order valence-electron chi connectivity index (χ3n) is 5.69. The topological polar surface area (TPSA) is 74.2 Å². The summed E-state index contributed by atoms with van der Waals surface area (Å²) in [6, 6.07) is 7.32. The van der Waals surface area contributed by atoms with E-state index in [0.29, 0.717) is 18.1 Å². The summed E-state index contributed by atoms with van der Waals surface area (Å²) in [6.07, 6.45) is 10.9. The first kappa shape index (κ1) is 20.3. The number of piperidine rings is 1. The minimum Gasteiger partial charge on any atom is -0.492 e. The molecule has 0 radical (unpaired) electrons. The highest BCUT2D eigenvalue weighted by molar-refractivity contribution is 6.13. The summed E-state index contributed by atoms with van der Waals surface area (Å²) in [4.78, 5) is 33.7. The molecule has 0 saturated carbocycles. The lowest BCUT2D eigenvalue weighted by atomic mass is 9.94. The van der Waals surface area contributed by atoms with Gasteiger partial charge in [0.2, 0.25) is 5.91 Å². The summed E-state index contributed by atoms with van der Waals surface area (Å²) < 4.78 is 5.84. The van der Waals surface area contributed by atoms with Crippen LogP contribution in [0, 0.1) is 0 Å². The molecule has 0 aliphatic carbocycles. The summed E-state index contributed by atoms with van der Waals surface area (Å²) in [6.45, 7) is 5.59. The number of aliphatic imine (C=N–C) groups is 1. The molecule has 0 bridgehead atoms. The number of likely N-dealkylation sites (tertiary alicyclic amines) is 1. The quantitative estimate of drug-likeness (QED) is 0.785. The van der Waals surface area contributed by atoms with E-state index in [0.717, 1.165) is 25.4 Å². The summed E-state index contributed by atoms with van der Waals surface area (Å²) in [5.74, 6) is 0.823. The Morgan fingerprint density at radius 2 is 1.93 bits per heavy atom. The van der Waals surface area contributed by atoms with Crippen molar-refractivity contribution >= 4 is 23.3 Å². The fraction of sp³-hybridized carbons (Fsp3) is 0.435. The third-order valence-corrected chi connectivity index (χ3v) is 5.69. The Balaban J connectivity index is 1.32. The summed E-state index contributed by atoms with van der Waals surface area (Å²) in [7, 11) is 0. The van der Waals surface area contributed by atoms with Crippen LogP contribution in [0.3, 0.4) is 0 Å². The number of anilines is 1. The van der Waals surface area contributed by atoms with Crippen LogP contribution < -0.4 is 10.1 Å². The Morgan fingerprint density at radius 1 is 1.17 bits per heavy atom. The van der Waals surface area contributed by atoms with E-state index in [2.05, 4.69) is 15.2 Å². The molecule has 1 aromatic carbocycles. The van der Waals surface area contributed by atoms with Gasteiger partial charge in [0, 0.05) is 18.4 Å². The van der Waals surface area contributed by atoms with Gasteiger partial charge in [0.25, 0.3) is 5.91 Å². The van der Waals surface area contributed by atoms with Crippen LogP contribution in [0.2, 0.25) is 0 Å². The van der Waals surface area contributed by atoms with Crippen molar-refractivity contribution < 1.29 is 14.3 Å². The summed E-state index contributed by atoms with van der Waals surface area (Å²) in [5.41, 5.74) is -0.485. The molecule has 1 atom stereocenters. The fourth-order valence-electron chi connectivity index (χ4n) is 3.91. The van der Waals surface area contributed by atoms with Gasteiger partial charge in [0.05, 0.1) is 6.42 Å². The second-order valence-corrected chi connectivity index (χ2v) is 8.11. The number of hydrogen-bond donors (Lipinski definition) is 1. The average Bonchev–Trinajstić information content (AvgIpc) is 2.75. The van der Waals surface area contributed by atoms with Crippen LogP contribution in [0.25, 0.3) is 0 Å². The zero-order valence-electron chi connectivity index (χ0n) is 17.3. The van der Waals surface area contributed by atoms with Crippen LogP contribution in [0.5, 0.6) is 5.75 Å². The molecule has 30 heavy (non-hydrogen) atoms. The maximum atomic E-state index is 12.9. The van der Waals surface area contributed by atoms with Gasteiger partial charge in [-0.15, -0.1) is 0 Å². The molecular formula is C23H28N4O3. The standard InChI is InChI=1S/C23H28N4O3/c1-23(17-21(28)27-14-6-3-7-20(27)25-23)22(29)24-18-8-10-19(11-9-18)30-16-15-26-12-4-2-5-13-26/h3,6-11,14H,2,4-5,12-13,15-17H2,1H3,(H,24,29). The number of rotatable bonds is 6. The molecule has 1 aromatic rings. The molecule has 4 rings (SSSR count). The van der Waals surface area contributed by atoms with E-state index < -0.39 is 5.54 Å². The highest BCUT2D eigenvalue weighted by Gasteiger charge is 2.41. The molecule has 3 aliphatic heterocycles. The second kappa shape index (κ2) is 8.83. The third kappa shape index (κ3) is 4.62. The van der Waals surface area contributed by atoms with Crippen molar-refractivity contribution in [3.8, 4) is 5.75 Å². The van der Waals surface area contributed by atoms with E-state index in [1.807, 2.05) is 24.3 Å². The van der Waals surface area contributed by atoms with E-state index >= 15 is 0 Å². The zero-order chi connectivity index (χ0) is 21.0. The maximum absolute atomic E-state index is 12.9. The Kier molecular flexibility index (Phi) is 5.99. The highest BCUT2D eigenvalue weighted by Crippen LogP contribution is 2.27. The SMILES string of the molecule is CC1(C(=O)Nc2ccc(OCCN3CCCCC3)cc2)CC(=O)N2C=CC=CC2=N1. The normalized spacial score (nSPS) is 23.7. The number of carbonyl (C=O) groups excluding carboxylic acids is 2. The lowest BCUT2D eigenvalue weighted by Gasteiger charge is -2.34. The highest BCUT2D eigenvalue weighted by atomic mass is 16.5. The first-order valence-corrected chi connectivity index (χ1v) is 10.6. The number of benzene rings is 1. The van der Waals surface area contributed by atoms with E-state index in [1.54, 1.807) is 31.4 Å². The van der Waals surface area contributed by atoms with Gasteiger partial charge in [-0.1, -0.05) is 12.5 Å². The van der Waals surface area contributed by atoms with Crippen molar-refractivity contribution in [1.82, 2.24) is 9.80 Å². The average molecular weight is 409 g/mol. The summed E-state index contributed by atoms with van der Waals surface area (Å²) in [5, 5.41) is 2.88. The molecule has 1 N–H and O–H groups in total. The van der Waals surface area contributed by atoms with E-state index in [9.17, 15) is 9.59 Å². The Hall–Kier alpha value is -2.93. The minimum atomic E-state index is -1.14. The first-order chi connectivity index (χ1) is 14.5. The van der Waals surface area contributed by atoms with Gasteiger partial charge in [-0.2, -0.15) is 0 Å². The predicted molar refractivity (Wildman–Crippen MR) is 116 cm³/mol. The number of allylic oxidation sites excluding steroid dienone is 2. The Bertz CT molecular complexity index is 884. The fourth-order valence-corrected chi connectivity index (χ4v) is 3.91. The van der Waals surface area contributed by atoms with Crippen molar-refractivity contribution in [3.63, 3.8) is 0 Å². The molecule has 0 aromatic heterocycles. The van der Waals surface area contributed by atoms with Crippen LogP contribution in [0.4, 0.5) is 5.69 Å². The molecular weight excluding hydrogens is 380 g/mol. The largest absolute Gasteiger partial charge is 0.492 e. The van der Waals surface area contributed by atoms with Crippen molar-refractivity contribution in [2.45, 2.75) is 38.1 Å². The molecule has 1 saturated heterocycles. The van der Waals surface area contributed by atoms with Crippen molar-refractivity contribution in [3.05, 3.63) is 48.7 Å². The van der Waals surface area contributed by atoms with Gasteiger partial charge in [-0.3, -0.25) is 24.4 Å². The number of amidine groups is 1. The lowest BCUT2D eigenvalue weighted by molar-refractivity contribution is -0.132. The smallest absolute Gasteiger partial charge is 0.252 e. The van der Waals surface area contributed by atoms with Crippen molar-refractivity contribution in [1.29, 1.82) is 0 Å². The number of amides is 2. The molecule has 0 spiro atoms. The Morgan fingerprint density at radius 3 is 2.70 bits per heavy atom. The molecule has 7 nitrogen and oxygen atoms in total. The van der Waals surface area contributed by atoms with Gasteiger partial charge in [-0.25, -0.2) is 0 Å². The van der Waals surface area contributed by atoms with Gasteiger partial charge in [0.1, 0.15) is 23.7 Å². The van der Waals surface area contributed by atoms with Crippen LogP contribution in [-0.4, -0.2) is 59.2 Å². The number of ether oxygens (including phenoxy) is 1. The monoisotopic (exact) mass is 408 g/mol. The molecule has 158 valence electrons. The van der Waals surface area contributed by atoms with E-state index in [4.69, 9.17) is 4.74 Å². The number of nitrogens with one attached hydrogen (secondary N) is 1.